The Balaban J connectivity index is 1.43. The highest BCUT2D eigenvalue weighted by Gasteiger charge is 2.52. The molecule has 1 amide bonds. The van der Waals surface area contributed by atoms with E-state index in [1.165, 1.54) is 30.7 Å². The Labute approximate surface area is 394 Å². The third-order valence-electron chi connectivity index (χ3n) is 14.3. The van der Waals surface area contributed by atoms with Gasteiger partial charge in [0.15, 0.2) is 27.7 Å². The Kier molecular flexibility index (Phi) is 18.0. The standard InChI is InChI=1S/C48H72FN5O12S/c1-12-40-48(9,60)38-18-15-36(56)26-63-47(8,23-27(2)41(29(38)4)50-32(7)55)44(30(5)42(57)31(6)45(59)65-40)66-46-43(58)39(21-28(3)64-46)53(10)20-19-34-25-54(52-51-34)35(24-49)22-33-13-16-37(17-14-33)67(11,61)62/h13-14,16-17,25,27-31,35,38-40,43-44,46,58,60H,12,15,18-24,26H2,1-11H3/b50-41+/t27-,28-,29-,30+,31-,35+,38-,39+,40-,43-,44-,46+,47-,48+/m1/s1. The minimum atomic E-state index is -3.37. The van der Waals surface area contributed by atoms with E-state index in [9.17, 15) is 42.2 Å². The molecule has 0 radical (unpaired) electrons. The van der Waals surface area contributed by atoms with Crippen LogP contribution >= 0.6 is 0 Å². The number of halogens is 1. The highest BCUT2D eigenvalue weighted by atomic mass is 32.2. The molecule has 3 saturated heterocycles. The summed E-state index contributed by atoms with van der Waals surface area (Å²) in [7, 11) is -1.54. The van der Waals surface area contributed by atoms with Crippen LogP contribution in [0, 0.1) is 29.6 Å². The van der Waals surface area contributed by atoms with E-state index >= 15 is 0 Å². The lowest BCUT2D eigenvalue weighted by Crippen LogP contribution is -2.60. The maximum atomic E-state index is 14.5. The van der Waals surface area contributed by atoms with Crippen molar-refractivity contribution in [3.63, 3.8) is 0 Å². The van der Waals surface area contributed by atoms with Gasteiger partial charge in [0.25, 0.3) is 0 Å². The van der Waals surface area contributed by atoms with Crippen LogP contribution in [0.2, 0.25) is 0 Å². The van der Waals surface area contributed by atoms with Gasteiger partial charge in [-0.05, 0) is 96.4 Å². The lowest BCUT2D eigenvalue weighted by molar-refractivity contribution is -0.297. The first kappa shape index (κ1) is 54.1. The number of ether oxygens (including phenoxy) is 4. The van der Waals surface area contributed by atoms with Crippen LogP contribution in [0.1, 0.15) is 112 Å². The molecule has 374 valence electrons. The number of carbonyl (C=O) groups is 4. The van der Waals surface area contributed by atoms with Gasteiger partial charge < -0.3 is 34.1 Å². The van der Waals surface area contributed by atoms with Crippen molar-refractivity contribution in [3.05, 3.63) is 41.7 Å². The molecular weight excluding hydrogens is 890 g/mol. The first-order chi connectivity index (χ1) is 31.3. The molecule has 2 bridgehead atoms. The Morgan fingerprint density at radius 1 is 1.10 bits per heavy atom. The Hall–Kier alpha value is -3.85. The van der Waals surface area contributed by atoms with E-state index in [0.717, 1.165) is 11.8 Å². The largest absolute Gasteiger partial charge is 0.459 e. The number of hydrogen-bond donors (Lipinski definition) is 2. The van der Waals surface area contributed by atoms with Crippen molar-refractivity contribution in [2.24, 2.45) is 34.6 Å². The zero-order chi connectivity index (χ0) is 49.8. The fourth-order valence-corrected chi connectivity index (χ4v) is 11.0. The summed E-state index contributed by atoms with van der Waals surface area (Å²) < 4.78 is 65.2. The number of rotatable bonds is 12. The number of Topliss-reactive ketones (excluding diaryl/α,β-unsaturated/α-hetero) is 2. The number of cyclic esters (lactones) is 1. The molecular formula is C48H72FN5O12S. The van der Waals surface area contributed by atoms with Gasteiger partial charge in [-0.3, -0.25) is 19.2 Å². The van der Waals surface area contributed by atoms with Crippen LogP contribution in [0.4, 0.5) is 4.39 Å². The molecule has 1 aromatic heterocycles. The fourth-order valence-electron chi connectivity index (χ4n) is 10.4. The van der Waals surface area contributed by atoms with Crippen molar-refractivity contribution < 1.29 is 61.1 Å². The minimum absolute atomic E-state index is 0.00412. The zero-order valence-corrected chi connectivity index (χ0v) is 41.7. The van der Waals surface area contributed by atoms with E-state index in [2.05, 4.69) is 15.3 Å². The van der Waals surface area contributed by atoms with Crippen LogP contribution in [-0.2, 0) is 60.8 Å². The second-order valence-corrected chi connectivity index (χ2v) is 21.7. The van der Waals surface area contributed by atoms with Crippen LogP contribution in [0.5, 0.6) is 0 Å². The van der Waals surface area contributed by atoms with Gasteiger partial charge in [-0.25, -0.2) is 22.5 Å². The third kappa shape index (κ3) is 12.9. The lowest BCUT2D eigenvalue weighted by atomic mass is 9.68. The normalized spacial score (nSPS) is 35.1. The van der Waals surface area contributed by atoms with E-state index in [1.54, 1.807) is 46.0 Å². The number of aliphatic hydroxyl groups is 2. The molecule has 67 heavy (non-hydrogen) atoms. The third-order valence-corrected chi connectivity index (χ3v) is 15.4. The SMILES string of the molecule is CC[C@H]1OC(=O)[C@H](C)C(=O)[C@H](C)[C@@H](O[C@@H]2O[C@H](C)C[C@H](N(C)CCc3cn([C@H](CF)Cc4ccc(S(C)(=O)=O)cc4)nn3)[C@H]2O)[C@@]2(C)C[C@@H](C)/C(=N\C(C)=O)[C@H](C)[C@@H](CCC(=O)CO2)[C@]1(C)O. The molecule has 0 aliphatic carbocycles. The van der Waals surface area contributed by atoms with Crippen LogP contribution in [0.3, 0.4) is 0 Å². The van der Waals surface area contributed by atoms with Gasteiger partial charge in [0, 0.05) is 62.4 Å². The van der Waals surface area contributed by atoms with Crippen LogP contribution in [0.15, 0.2) is 40.4 Å². The minimum Gasteiger partial charge on any atom is -0.459 e. The molecule has 2 aromatic rings. The summed E-state index contributed by atoms with van der Waals surface area (Å²) in [4.78, 5) is 61.5. The number of amides is 1. The lowest BCUT2D eigenvalue weighted by Gasteiger charge is -2.48. The van der Waals surface area contributed by atoms with Gasteiger partial charge >= 0.3 is 5.97 Å². The number of sulfone groups is 1. The quantitative estimate of drug-likeness (QED) is 0.221. The average molecular weight is 962 g/mol. The second-order valence-electron chi connectivity index (χ2n) is 19.7. The number of hydrogen-bond acceptors (Lipinski definition) is 15. The van der Waals surface area contributed by atoms with Crippen molar-refractivity contribution in [1.82, 2.24) is 19.9 Å². The number of nitrogens with zero attached hydrogens (tertiary/aromatic N) is 5. The molecule has 1 aromatic carbocycles. The number of aromatic nitrogens is 3. The number of esters is 1. The average Bonchev–Trinajstić information content (AvgIpc) is 3.74. The van der Waals surface area contributed by atoms with E-state index < -0.39 is 118 Å². The summed E-state index contributed by atoms with van der Waals surface area (Å²) in [5.41, 5.74) is -1.38. The number of aliphatic hydroxyl groups excluding tert-OH is 1. The second kappa shape index (κ2) is 22.3. The highest BCUT2D eigenvalue weighted by Crippen LogP contribution is 2.42. The Bertz CT molecular complexity index is 2200. The smallest absolute Gasteiger partial charge is 0.316 e. The topological polar surface area (TPSA) is 226 Å². The predicted octanol–water partition coefficient (Wildman–Crippen LogP) is 4.49. The van der Waals surface area contributed by atoms with E-state index in [0.29, 0.717) is 30.8 Å². The van der Waals surface area contributed by atoms with Crippen molar-refractivity contribution in [1.29, 1.82) is 0 Å². The van der Waals surface area contributed by atoms with Crippen LogP contribution in [-0.4, -0.2) is 149 Å². The molecule has 4 heterocycles. The zero-order valence-electron chi connectivity index (χ0n) is 40.9. The summed E-state index contributed by atoms with van der Waals surface area (Å²) in [6.45, 7) is 14.3. The molecule has 19 heteroatoms. The predicted molar refractivity (Wildman–Crippen MR) is 246 cm³/mol. The van der Waals surface area contributed by atoms with Gasteiger partial charge in [-0.2, -0.15) is 0 Å². The molecule has 0 spiro atoms. The molecule has 0 unspecified atom stereocenters. The van der Waals surface area contributed by atoms with Gasteiger partial charge in [0.1, 0.15) is 37.0 Å². The maximum absolute atomic E-state index is 14.5. The summed E-state index contributed by atoms with van der Waals surface area (Å²) >= 11 is 0. The van der Waals surface area contributed by atoms with Gasteiger partial charge in [-0.15, -0.1) is 5.10 Å². The number of carbonyl (C=O) groups excluding carboxylic acids is 4. The molecule has 2 N–H and O–H groups in total. The molecule has 3 aliphatic heterocycles. The molecule has 3 aliphatic rings. The number of aliphatic imine (C=N–C) groups is 1. The Morgan fingerprint density at radius 2 is 1.78 bits per heavy atom. The van der Waals surface area contributed by atoms with Crippen molar-refractivity contribution in [2.75, 3.05) is 33.1 Å². The number of likely N-dealkylation sites (N-methyl/N-ethyl adjacent to an activating group) is 1. The maximum Gasteiger partial charge on any atom is 0.316 e. The number of fused-ring (bicyclic) bond motifs is 5. The summed E-state index contributed by atoms with van der Waals surface area (Å²) in [5, 5.41) is 32.9. The number of benzene rings is 1. The van der Waals surface area contributed by atoms with Crippen LogP contribution < -0.4 is 0 Å². The first-order valence-electron chi connectivity index (χ1n) is 23.5. The highest BCUT2D eigenvalue weighted by molar-refractivity contribution is 7.90. The van der Waals surface area contributed by atoms with Gasteiger partial charge in [0.2, 0.25) is 5.91 Å². The molecule has 3 fully saturated rings. The number of ketones is 2. The van der Waals surface area contributed by atoms with Gasteiger partial charge in [0.05, 0.1) is 34.4 Å². The summed E-state index contributed by atoms with van der Waals surface area (Å²) in [6.07, 6.45) is -1.00. The molecule has 17 nitrogen and oxygen atoms in total. The molecule has 14 atom stereocenters. The van der Waals surface area contributed by atoms with E-state index in [-0.39, 0.29) is 49.4 Å². The summed E-state index contributed by atoms with van der Waals surface area (Å²) in [6, 6.07) is 5.10. The summed E-state index contributed by atoms with van der Waals surface area (Å²) in [5.74, 6) is -6.30. The van der Waals surface area contributed by atoms with Crippen LogP contribution in [0.25, 0.3) is 0 Å². The van der Waals surface area contributed by atoms with Crippen molar-refractivity contribution in [3.8, 4) is 0 Å². The first-order valence-corrected chi connectivity index (χ1v) is 25.4. The number of alkyl halides is 1. The van der Waals surface area contributed by atoms with E-state index in [4.69, 9.17) is 18.9 Å². The fraction of sp³-hybridized carbons (Fsp3) is 0.729. The monoisotopic (exact) mass is 961 g/mol. The van der Waals surface area contributed by atoms with Gasteiger partial charge in [-0.1, -0.05) is 45.0 Å². The Morgan fingerprint density at radius 3 is 2.39 bits per heavy atom. The van der Waals surface area contributed by atoms with E-state index in [1.807, 2.05) is 32.7 Å². The molecule has 0 saturated carbocycles. The van der Waals surface area contributed by atoms with Crippen molar-refractivity contribution in [2.45, 2.75) is 166 Å². The molecule has 5 rings (SSSR count). The van der Waals surface area contributed by atoms with Crippen molar-refractivity contribution >= 4 is 39.0 Å².